The number of halogens is 4. The first kappa shape index (κ1) is 14.1. The van der Waals surface area contributed by atoms with Crippen molar-refractivity contribution in [3.63, 3.8) is 0 Å². The maximum absolute atomic E-state index is 12.4. The molecule has 0 fully saturated rings. The molecule has 0 heterocycles. The van der Waals surface area contributed by atoms with E-state index in [-0.39, 0.29) is 6.61 Å². The molecule has 0 aromatic heterocycles. The molecule has 4 nitrogen and oxygen atoms in total. The minimum atomic E-state index is -4.25. The number of alkyl halides is 4. The quantitative estimate of drug-likeness (QED) is 0.631. The second kappa shape index (κ2) is 5.86. The number of ether oxygens (including phenoxy) is 1. The van der Waals surface area contributed by atoms with Gasteiger partial charge in [-0.2, -0.15) is 8.78 Å². The SMILES string of the molecule is COCC(NCC(F)(F)C(F)F)C(=O)O. The van der Waals surface area contributed by atoms with Gasteiger partial charge in [0.25, 0.3) is 0 Å². The molecule has 0 aromatic carbocycles. The molecule has 1 unspecified atom stereocenters. The predicted molar refractivity (Wildman–Crippen MR) is 42.3 cm³/mol. The molecule has 0 saturated heterocycles. The van der Waals surface area contributed by atoms with Gasteiger partial charge < -0.3 is 9.84 Å². The zero-order chi connectivity index (χ0) is 12.1. The maximum atomic E-state index is 12.4. The van der Waals surface area contributed by atoms with Gasteiger partial charge in [-0.25, -0.2) is 8.78 Å². The van der Waals surface area contributed by atoms with E-state index >= 15 is 0 Å². The molecule has 0 bridgehead atoms. The van der Waals surface area contributed by atoms with E-state index in [2.05, 4.69) is 4.74 Å². The van der Waals surface area contributed by atoms with Crippen LogP contribution in [-0.4, -0.2) is 49.7 Å². The molecule has 0 aliphatic heterocycles. The number of carbonyl (C=O) groups is 1. The molecular formula is C7H11F4NO3. The van der Waals surface area contributed by atoms with Gasteiger partial charge in [0.1, 0.15) is 6.04 Å². The minimum Gasteiger partial charge on any atom is -0.480 e. The van der Waals surface area contributed by atoms with Crippen LogP contribution in [0.1, 0.15) is 0 Å². The molecule has 2 N–H and O–H groups in total. The van der Waals surface area contributed by atoms with Crippen molar-refractivity contribution in [1.29, 1.82) is 0 Å². The lowest BCUT2D eigenvalue weighted by molar-refractivity contribution is -0.144. The van der Waals surface area contributed by atoms with Crippen molar-refractivity contribution in [3.8, 4) is 0 Å². The molecule has 0 aliphatic carbocycles. The van der Waals surface area contributed by atoms with E-state index in [1.807, 2.05) is 0 Å². The van der Waals surface area contributed by atoms with Crippen molar-refractivity contribution in [1.82, 2.24) is 5.32 Å². The Labute approximate surface area is 83.2 Å². The van der Waals surface area contributed by atoms with Crippen LogP contribution in [0.2, 0.25) is 0 Å². The van der Waals surface area contributed by atoms with E-state index in [4.69, 9.17) is 5.11 Å². The Hall–Kier alpha value is -0.890. The standard InChI is InChI=1S/C7H11F4NO3/c1-15-2-4(5(13)14)12-3-7(10,11)6(8)9/h4,6,12H,2-3H2,1H3,(H,13,14). The molecule has 0 rings (SSSR count). The summed E-state index contributed by atoms with van der Waals surface area (Å²) in [6.45, 7) is -1.79. The number of carboxylic acids is 1. The molecule has 0 radical (unpaired) electrons. The summed E-state index contributed by atoms with van der Waals surface area (Å²) in [4.78, 5) is 10.4. The van der Waals surface area contributed by atoms with Crippen LogP contribution in [0, 0.1) is 0 Å². The molecule has 8 heteroatoms. The number of rotatable bonds is 7. The molecule has 0 spiro atoms. The van der Waals surface area contributed by atoms with Crippen molar-refractivity contribution in [2.45, 2.75) is 18.4 Å². The third-order valence-corrected chi connectivity index (χ3v) is 1.53. The number of hydrogen-bond donors (Lipinski definition) is 2. The highest BCUT2D eigenvalue weighted by atomic mass is 19.3. The Morgan fingerprint density at radius 2 is 2.07 bits per heavy atom. The van der Waals surface area contributed by atoms with Gasteiger partial charge in [-0.05, 0) is 0 Å². The lowest BCUT2D eigenvalue weighted by atomic mass is 10.2. The molecule has 15 heavy (non-hydrogen) atoms. The van der Waals surface area contributed by atoms with Crippen molar-refractivity contribution in [2.75, 3.05) is 20.3 Å². The zero-order valence-corrected chi connectivity index (χ0v) is 7.84. The predicted octanol–water partition coefficient (Wildman–Crippen LogP) is 0.576. The van der Waals surface area contributed by atoms with Crippen LogP contribution in [0.3, 0.4) is 0 Å². The number of aliphatic carboxylic acids is 1. The molecule has 0 aliphatic rings. The van der Waals surface area contributed by atoms with E-state index < -0.39 is 30.9 Å². The van der Waals surface area contributed by atoms with Crippen LogP contribution in [0.4, 0.5) is 17.6 Å². The van der Waals surface area contributed by atoms with Crippen LogP contribution < -0.4 is 5.32 Å². The number of methoxy groups -OCH3 is 1. The zero-order valence-electron chi connectivity index (χ0n) is 7.84. The van der Waals surface area contributed by atoms with Gasteiger partial charge >= 0.3 is 18.3 Å². The Kier molecular flexibility index (Phi) is 5.51. The summed E-state index contributed by atoms with van der Waals surface area (Å²) in [5.41, 5.74) is 0. The largest absolute Gasteiger partial charge is 0.480 e. The Bertz CT molecular complexity index is 212. The third-order valence-electron chi connectivity index (χ3n) is 1.53. The highest BCUT2D eigenvalue weighted by Gasteiger charge is 2.41. The lowest BCUT2D eigenvalue weighted by Crippen LogP contribution is -2.48. The normalized spacial score (nSPS) is 14.3. The van der Waals surface area contributed by atoms with Crippen molar-refractivity contribution >= 4 is 5.97 Å². The van der Waals surface area contributed by atoms with Crippen LogP contribution >= 0.6 is 0 Å². The second-order valence-corrected chi connectivity index (χ2v) is 2.79. The molecular weight excluding hydrogens is 222 g/mol. The number of hydrogen-bond acceptors (Lipinski definition) is 3. The monoisotopic (exact) mass is 233 g/mol. The highest BCUT2D eigenvalue weighted by molar-refractivity contribution is 5.73. The van der Waals surface area contributed by atoms with Crippen LogP contribution in [0.25, 0.3) is 0 Å². The van der Waals surface area contributed by atoms with Gasteiger partial charge in [0, 0.05) is 7.11 Å². The Morgan fingerprint density at radius 1 is 1.53 bits per heavy atom. The van der Waals surface area contributed by atoms with Gasteiger partial charge in [-0.15, -0.1) is 0 Å². The summed E-state index contributed by atoms with van der Waals surface area (Å²) in [6, 6.07) is -1.43. The summed E-state index contributed by atoms with van der Waals surface area (Å²) < 4.78 is 52.5. The van der Waals surface area contributed by atoms with Crippen LogP contribution in [-0.2, 0) is 9.53 Å². The maximum Gasteiger partial charge on any atom is 0.323 e. The number of nitrogens with one attached hydrogen (secondary N) is 1. The average Bonchev–Trinajstić information content (AvgIpc) is 2.11. The Morgan fingerprint density at radius 3 is 2.40 bits per heavy atom. The fourth-order valence-electron chi connectivity index (χ4n) is 0.721. The van der Waals surface area contributed by atoms with Gasteiger partial charge in [0.05, 0.1) is 13.2 Å². The van der Waals surface area contributed by atoms with Crippen LogP contribution in [0.5, 0.6) is 0 Å². The first-order valence-electron chi connectivity index (χ1n) is 3.92. The summed E-state index contributed by atoms with van der Waals surface area (Å²) in [5, 5.41) is 10.3. The van der Waals surface area contributed by atoms with E-state index in [1.54, 1.807) is 5.32 Å². The van der Waals surface area contributed by atoms with Crippen molar-refractivity contribution in [3.05, 3.63) is 0 Å². The molecule has 1 atom stereocenters. The third kappa shape index (κ3) is 4.93. The fourth-order valence-corrected chi connectivity index (χ4v) is 0.721. The minimum absolute atomic E-state index is 0.380. The van der Waals surface area contributed by atoms with Gasteiger partial charge in [-0.3, -0.25) is 10.1 Å². The van der Waals surface area contributed by atoms with Gasteiger partial charge in [0.2, 0.25) is 0 Å². The van der Waals surface area contributed by atoms with Crippen molar-refractivity contribution < 1.29 is 32.2 Å². The molecule has 0 aromatic rings. The summed E-state index contributed by atoms with van der Waals surface area (Å²) >= 11 is 0. The van der Waals surface area contributed by atoms with Crippen molar-refractivity contribution in [2.24, 2.45) is 0 Å². The molecule has 0 saturated carbocycles. The first-order valence-corrected chi connectivity index (χ1v) is 3.92. The smallest absolute Gasteiger partial charge is 0.323 e. The van der Waals surface area contributed by atoms with E-state index in [0.29, 0.717) is 0 Å². The summed E-state index contributed by atoms with van der Waals surface area (Å²) in [5.74, 6) is -5.69. The van der Waals surface area contributed by atoms with Gasteiger partial charge in [-0.1, -0.05) is 0 Å². The summed E-state index contributed by atoms with van der Waals surface area (Å²) in [6.07, 6.45) is -3.83. The van der Waals surface area contributed by atoms with Crippen LogP contribution in [0.15, 0.2) is 0 Å². The summed E-state index contributed by atoms with van der Waals surface area (Å²) in [7, 11) is 1.17. The second-order valence-electron chi connectivity index (χ2n) is 2.79. The lowest BCUT2D eigenvalue weighted by Gasteiger charge is -2.19. The van der Waals surface area contributed by atoms with E-state index in [0.717, 1.165) is 0 Å². The molecule has 0 amide bonds. The van der Waals surface area contributed by atoms with E-state index in [1.165, 1.54) is 7.11 Å². The first-order chi connectivity index (χ1) is 6.81. The Balaban J connectivity index is 4.15. The number of carboxylic acid groups (broad SMARTS) is 1. The van der Waals surface area contributed by atoms with E-state index in [9.17, 15) is 22.4 Å². The highest BCUT2D eigenvalue weighted by Crippen LogP contribution is 2.21. The van der Waals surface area contributed by atoms with Gasteiger partial charge in [0.15, 0.2) is 0 Å². The topological polar surface area (TPSA) is 58.6 Å². The fraction of sp³-hybridized carbons (Fsp3) is 0.857. The molecule has 90 valence electrons. The average molecular weight is 233 g/mol.